The van der Waals surface area contributed by atoms with E-state index in [1.165, 1.54) is 115 Å². The van der Waals surface area contributed by atoms with Crippen LogP contribution in [-0.4, -0.2) is 8.80 Å². The van der Waals surface area contributed by atoms with Crippen LogP contribution < -0.4 is 4.90 Å². The predicted molar refractivity (Wildman–Crippen MR) is 256 cm³/mol. The van der Waals surface area contributed by atoms with Crippen LogP contribution in [0.4, 0.5) is 17.1 Å². The van der Waals surface area contributed by atoms with E-state index in [1.54, 1.807) is 0 Å². The van der Waals surface area contributed by atoms with Gasteiger partial charge in [0.25, 0.3) is 0 Å². The number of aromatic nitrogens is 2. The molecule has 3 heteroatoms. The summed E-state index contributed by atoms with van der Waals surface area (Å²) >= 11 is 0. The molecule has 292 valence electrons. The van der Waals surface area contributed by atoms with Crippen molar-refractivity contribution in [3.05, 3.63) is 149 Å². The zero-order chi connectivity index (χ0) is 41.1. The Morgan fingerprint density at radius 1 is 0.356 bits per heavy atom. The standard InChI is InChI=1S/C56H53N3/c1-32-16-12-14-18-46(32)57(47-19-15-13-17-33(47)2)37-21-22-38-42-25-35(55(6,7)8)27-44-41-30-50-40(31-51(41)59(52(42)44)49(38)29-37)45-28-36(56(9,10)11)26-43-39-24-34(54(3,4)5)20-23-48(39)58(50)53(43)45/h12-31H,1-11H3. The Hall–Kier alpha value is -6.06. The molecule has 0 N–H and O–H groups in total. The molecular formula is C56H53N3. The Kier molecular flexibility index (Phi) is 7.20. The summed E-state index contributed by atoms with van der Waals surface area (Å²) in [4.78, 5) is 2.45. The van der Waals surface area contributed by atoms with Gasteiger partial charge in [-0.2, -0.15) is 0 Å². The number of aryl methyl sites for hydroxylation is 2. The van der Waals surface area contributed by atoms with Crippen molar-refractivity contribution in [1.29, 1.82) is 0 Å². The monoisotopic (exact) mass is 767 g/mol. The van der Waals surface area contributed by atoms with Crippen LogP contribution in [0, 0.1) is 13.8 Å². The third-order valence-corrected chi connectivity index (χ3v) is 13.5. The van der Waals surface area contributed by atoms with E-state index in [-0.39, 0.29) is 16.2 Å². The average molecular weight is 768 g/mol. The fourth-order valence-corrected chi connectivity index (χ4v) is 10.1. The molecule has 11 rings (SSSR count). The second kappa shape index (κ2) is 11.8. The number of benzene rings is 7. The van der Waals surface area contributed by atoms with E-state index in [9.17, 15) is 0 Å². The van der Waals surface area contributed by atoms with E-state index >= 15 is 0 Å². The molecule has 3 nitrogen and oxygen atoms in total. The first-order chi connectivity index (χ1) is 28.0. The first-order valence-corrected chi connectivity index (χ1v) is 21.4. The summed E-state index contributed by atoms with van der Waals surface area (Å²) in [7, 11) is 0. The minimum atomic E-state index is -0.0157. The van der Waals surface area contributed by atoms with Crippen LogP contribution in [0.3, 0.4) is 0 Å². The van der Waals surface area contributed by atoms with E-state index in [0.29, 0.717) is 0 Å². The van der Waals surface area contributed by atoms with Crippen LogP contribution in [0.2, 0.25) is 0 Å². The molecule has 4 aromatic heterocycles. The number of para-hydroxylation sites is 2. The van der Waals surface area contributed by atoms with Crippen LogP contribution in [0.5, 0.6) is 0 Å². The van der Waals surface area contributed by atoms with Crippen molar-refractivity contribution in [3.63, 3.8) is 0 Å². The lowest BCUT2D eigenvalue weighted by molar-refractivity contribution is 0.590. The molecular weight excluding hydrogens is 715 g/mol. The third kappa shape index (κ3) is 5.06. The second-order valence-electron chi connectivity index (χ2n) is 20.5. The van der Waals surface area contributed by atoms with E-state index in [2.05, 4.69) is 211 Å². The summed E-state index contributed by atoms with van der Waals surface area (Å²) in [6.07, 6.45) is 0. The number of hydrogen-bond acceptors (Lipinski definition) is 1. The SMILES string of the molecule is Cc1ccccc1N(c1ccc2c3cc(C(C)(C)C)cc4c5cc6c(cc5n(c2c1)c34)c1cc(C(C)(C)C)cc2c3cc(C(C)(C)C)ccc3n6c21)c1ccccc1C. The van der Waals surface area contributed by atoms with Gasteiger partial charge < -0.3 is 13.7 Å². The summed E-state index contributed by atoms with van der Waals surface area (Å²) in [6.45, 7) is 25.5. The Labute approximate surface area is 347 Å². The van der Waals surface area contributed by atoms with Crippen LogP contribution in [0.15, 0.2) is 121 Å². The van der Waals surface area contributed by atoms with Gasteiger partial charge in [0.1, 0.15) is 0 Å². The number of nitrogens with zero attached hydrogens (tertiary/aromatic N) is 3. The Bertz CT molecular complexity index is 3470. The molecule has 59 heavy (non-hydrogen) atoms. The highest BCUT2D eigenvalue weighted by atomic mass is 15.1. The highest BCUT2D eigenvalue weighted by Crippen LogP contribution is 2.48. The molecule has 0 aliphatic heterocycles. The minimum absolute atomic E-state index is 0.000884. The Morgan fingerprint density at radius 2 is 0.763 bits per heavy atom. The van der Waals surface area contributed by atoms with E-state index < -0.39 is 0 Å². The van der Waals surface area contributed by atoms with Gasteiger partial charge in [0.05, 0.1) is 33.1 Å². The lowest BCUT2D eigenvalue weighted by Crippen LogP contribution is -2.12. The molecule has 0 saturated heterocycles. The third-order valence-electron chi connectivity index (χ3n) is 13.5. The first kappa shape index (κ1) is 36.1. The maximum absolute atomic E-state index is 2.59. The molecule has 0 saturated carbocycles. The van der Waals surface area contributed by atoms with E-state index in [1.807, 2.05) is 0 Å². The predicted octanol–water partition coefficient (Wildman–Crippen LogP) is 16.0. The number of hydrogen-bond donors (Lipinski definition) is 0. The van der Waals surface area contributed by atoms with Crippen LogP contribution in [0.1, 0.15) is 90.1 Å². The molecule has 0 bridgehead atoms. The quantitative estimate of drug-likeness (QED) is 0.174. The zero-order valence-corrected chi connectivity index (χ0v) is 36.4. The Morgan fingerprint density at radius 3 is 1.24 bits per heavy atom. The van der Waals surface area contributed by atoms with Gasteiger partial charge in [-0.3, -0.25) is 0 Å². The van der Waals surface area contributed by atoms with Gasteiger partial charge in [0.2, 0.25) is 0 Å². The van der Waals surface area contributed by atoms with Crippen LogP contribution in [-0.2, 0) is 16.2 Å². The van der Waals surface area contributed by atoms with Crippen molar-refractivity contribution in [3.8, 4) is 0 Å². The van der Waals surface area contributed by atoms with Crippen molar-refractivity contribution in [2.45, 2.75) is 92.4 Å². The summed E-state index contributed by atoms with van der Waals surface area (Å²) < 4.78 is 5.16. The van der Waals surface area contributed by atoms with Gasteiger partial charge in [-0.25, -0.2) is 0 Å². The lowest BCUT2D eigenvalue weighted by Gasteiger charge is -2.28. The average Bonchev–Trinajstić information content (AvgIpc) is 3.90. The van der Waals surface area contributed by atoms with Crippen molar-refractivity contribution in [2.75, 3.05) is 4.90 Å². The van der Waals surface area contributed by atoms with Crippen molar-refractivity contribution in [2.24, 2.45) is 0 Å². The molecule has 0 aliphatic rings. The summed E-state index contributed by atoms with van der Waals surface area (Å²) in [5.41, 5.74) is 17.9. The maximum atomic E-state index is 2.59. The topological polar surface area (TPSA) is 12.1 Å². The van der Waals surface area contributed by atoms with Crippen molar-refractivity contribution < 1.29 is 0 Å². The molecule has 0 spiro atoms. The lowest BCUT2D eigenvalue weighted by atomic mass is 9.84. The second-order valence-corrected chi connectivity index (χ2v) is 20.5. The van der Waals surface area contributed by atoms with E-state index in [4.69, 9.17) is 0 Å². The van der Waals surface area contributed by atoms with Gasteiger partial charge in [-0.05, 0) is 131 Å². The van der Waals surface area contributed by atoms with Crippen molar-refractivity contribution >= 4 is 93.3 Å². The molecule has 11 aromatic rings. The van der Waals surface area contributed by atoms with Gasteiger partial charge in [0, 0.05) is 60.2 Å². The van der Waals surface area contributed by atoms with Crippen molar-refractivity contribution in [1.82, 2.24) is 8.80 Å². The van der Waals surface area contributed by atoms with Gasteiger partial charge in [-0.1, -0.05) is 111 Å². The summed E-state index contributed by atoms with van der Waals surface area (Å²) in [5, 5.41) is 10.6. The molecule has 0 amide bonds. The zero-order valence-electron chi connectivity index (χ0n) is 36.4. The summed E-state index contributed by atoms with van der Waals surface area (Å²) in [5.74, 6) is 0. The van der Waals surface area contributed by atoms with Gasteiger partial charge in [-0.15, -0.1) is 0 Å². The first-order valence-electron chi connectivity index (χ1n) is 21.4. The largest absolute Gasteiger partial charge is 0.310 e. The Balaban J connectivity index is 1.29. The van der Waals surface area contributed by atoms with Gasteiger partial charge >= 0.3 is 0 Å². The van der Waals surface area contributed by atoms with E-state index in [0.717, 1.165) is 5.69 Å². The smallest absolute Gasteiger partial charge is 0.0620 e. The van der Waals surface area contributed by atoms with Crippen LogP contribution in [0.25, 0.3) is 76.2 Å². The van der Waals surface area contributed by atoms with Crippen LogP contribution >= 0.6 is 0 Å². The highest BCUT2D eigenvalue weighted by Gasteiger charge is 2.28. The molecule has 7 aromatic carbocycles. The molecule has 0 unspecified atom stereocenters. The highest BCUT2D eigenvalue weighted by molar-refractivity contribution is 6.29. The molecule has 0 radical (unpaired) electrons. The number of fused-ring (bicyclic) bond motifs is 12. The molecule has 0 fully saturated rings. The number of anilines is 3. The summed E-state index contributed by atoms with van der Waals surface area (Å²) in [6, 6.07) is 46.8. The maximum Gasteiger partial charge on any atom is 0.0620 e. The fourth-order valence-electron chi connectivity index (χ4n) is 10.1. The fraction of sp³-hybridized carbons (Fsp3) is 0.250. The minimum Gasteiger partial charge on any atom is -0.310 e. The molecule has 0 aliphatic carbocycles. The molecule has 0 atom stereocenters. The molecule has 4 heterocycles. The normalized spacial score (nSPS) is 13.3. The number of rotatable bonds is 3. The van der Waals surface area contributed by atoms with Gasteiger partial charge in [0.15, 0.2) is 0 Å².